The van der Waals surface area contributed by atoms with Gasteiger partial charge in [0, 0.05) is 19.7 Å². The van der Waals surface area contributed by atoms with Crippen LogP contribution in [0.4, 0.5) is 18.9 Å². The standard InChI is InChI=1S/C27H22BrF3N4O4/c1-33(2)11-10-19-23(35(36)37)13-21(30)27(25(19)28)39-24-12-17(6-9-20(24)29)26-22(31)15-34(32-26)14-16-4-7-18(38-3)8-5-16/h4-13,15H,14H2,1-3H3/b11-10+. The van der Waals surface area contributed by atoms with Crippen molar-refractivity contribution in [2.75, 3.05) is 21.2 Å². The first-order valence-electron chi connectivity index (χ1n) is 11.4. The van der Waals surface area contributed by atoms with Gasteiger partial charge in [-0.05, 0) is 64.1 Å². The quantitative estimate of drug-likeness (QED) is 0.151. The van der Waals surface area contributed by atoms with E-state index in [-0.39, 0.29) is 27.8 Å². The van der Waals surface area contributed by atoms with Crippen molar-refractivity contribution in [1.82, 2.24) is 14.7 Å². The van der Waals surface area contributed by atoms with Crippen LogP contribution in [-0.4, -0.2) is 40.8 Å². The van der Waals surface area contributed by atoms with E-state index < -0.39 is 39.6 Å². The highest BCUT2D eigenvalue weighted by atomic mass is 79.9. The fourth-order valence-electron chi connectivity index (χ4n) is 3.66. The molecule has 1 heterocycles. The smallest absolute Gasteiger partial charge is 0.280 e. The Morgan fingerprint density at radius 2 is 1.79 bits per heavy atom. The molecule has 39 heavy (non-hydrogen) atoms. The molecule has 4 aromatic rings. The SMILES string of the molecule is COc1ccc(Cn2cc(F)c(-c3ccc(F)c(Oc4c(F)cc([N+](=O)[O-])c(/C=C/N(C)C)c4Br)c3)n2)cc1. The van der Waals surface area contributed by atoms with Crippen LogP contribution < -0.4 is 9.47 Å². The first-order chi connectivity index (χ1) is 18.6. The molecule has 0 aliphatic carbocycles. The average molecular weight is 603 g/mol. The summed E-state index contributed by atoms with van der Waals surface area (Å²) in [5.41, 5.74) is 0.480. The number of nitrogens with zero attached hydrogens (tertiary/aromatic N) is 4. The maximum absolute atomic E-state index is 14.9. The second-order valence-corrected chi connectivity index (χ2v) is 9.38. The predicted molar refractivity (Wildman–Crippen MR) is 143 cm³/mol. The third kappa shape index (κ3) is 6.23. The van der Waals surface area contributed by atoms with Gasteiger partial charge in [0.05, 0.1) is 40.9 Å². The summed E-state index contributed by atoms with van der Waals surface area (Å²) in [4.78, 5) is 12.4. The molecule has 12 heteroatoms. The van der Waals surface area contributed by atoms with Crippen LogP contribution in [0.2, 0.25) is 0 Å². The number of ether oxygens (including phenoxy) is 2. The highest BCUT2D eigenvalue weighted by Crippen LogP contribution is 2.41. The van der Waals surface area contributed by atoms with Crippen LogP contribution in [-0.2, 0) is 6.54 Å². The Kier molecular flexibility index (Phi) is 8.24. The molecule has 0 spiro atoms. The van der Waals surface area contributed by atoms with E-state index >= 15 is 0 Å². The number of nitro benzene ring substituents is 1. The number of halogens is 4. The Labute approximate surface area is 230 Å². The van der Waals surface area contributed by atoms with Crippen molar-refractivity contribution in [1.29, 1.82) is 0 Å². The summed E-state index contributed by atoms with van der Waals surface area (Å²) in [6.07, 6.45) is 4.13. The van der Waals surface area contributed by atoms with Gasteiger partial charge in [0.25, 0.3) is 5.69 Å². The second kappa shape index (κ2) is 11.6. The van der Waals surface area contributed by atoms with E-state index in [9.17, 15) is 23.3 Å². The number of hydrogen-bond donors (Lipinski definition) is 0. The first-order valence-corrected chi connectivity index (χ1v) is 12.2. The van der Waals surface area contributed by atoms with Gasteiger partial charge in [0.2, 0.25) is 0 Å². The normalized spacial score (nSPS) is 11.2. The van der Waals surface area contributed by atoms with Crippen LogP contribution in [0.3, 0.4) is 0 Å². The number of nitro groups is 1. The summed E-state index contributed by atoms with van der Waals surface area (Å²) >= 11 is 3.16. The fraction of sp³-hybridized carbons (Fsp3) is 0.148. The van der Waals surface area contributed by atoms with Gasteiger partial charge < -0.3 is 14.4 Å². The molecule has 3 aromatic carbocycles. The van der Waals surface area contributed by atoms with E-state index in [0.29, 0.717) is 11.8 Å². The molecule has 0 atom stereocenters. The molecular weight excluding hydrogens is 581 g/mol. The molecule has 1 aromatic heterocycles. The Morgan fingerprint density at radius 1 is 1.08 bits per heavy atom. The van der Waals surface area contributed by atoms with Crippen LogP contribution in [0.25, 0.3) is 17.3 Å². The molecule has 0 bridgehead atoms. The Hall–Kier alpha value is -4.32. The van der Waals surface area contributed by atoms with Gasteiger partial charge in [0.1, 0.15) is 11.4 Å². The van der Waals surface area contributed by atoms with E-state index in [1.807, 2.05) is 12.1 Å². The Balaban J connectivity index is 1.67. The minimum atomic E-state index is -1.09. The number of methoxy groups -OCH3 is 1. The summed E-state index contributed by atoms with van der Waals surface area (Å²) in [5.74, 6) is -2.81. The van der Waals surface area contributed by atoms with Gasteiger partial charge in [-0.25, -0.2) is 13.2 Å². The zero-order valence-corrected chi connectivity index (χ0v) is 22.6. The van der Waals surface area contributed by atoms with Gasteiger partial charge in [-0.1, -0.05) is 12.1 Å². The van der Waals surface area contributed by atoms with Crippen molar-refractivity contribution < 1.29 is 27.6 Å². The minimum Gasteiger partial charge on any atom is -0.497 e. The van der Waals surface area contributed by atoms with Gasteiger partial charge >= 0.3 is 0 Å². The van der Waals surface area contributed by atoms with Crippen molar-refractivity contribution >= 4 is 27.7 Å². The topological polar surface area (TPSA) is 82.7 Å². The van der Waals surface area contributed by atoms with Crippen LogP contribution in [0.15, 0.2) is 65.4 Å². The fourth-order valence-corrected chi connectivity index (χ4v) is 4.27. The molecule has 0 amide bonds. The van der Waals surface area contributed by atoms with Crippen molar-refractivity contribution in [2.45, 2.75) is 6.54 Å². The summed E-state index contributed by atoms with van der Waals surface area (Å²) < 4.78 is 56.5. The van der Waals surface area contributed by atoms with Crippen molar-refractivity contribution in [3.63, 3.8) is 0 Å². The molecule has 0 radical (unpaired) electrons. The van der Waals surface area contributed by atoms with E-state index in [1.165, 1.54) is 35.3 Å². The average Bonchev–Trinajstić information content (AvgIpc) is 3.26. The zero-order chi connectivity index (χ0) is 28.3. The van der Waals surface area contributed by atoms with E-state index in [4.69, 9.17) is 9.47 Å². The van der Waals surface area contributed by atoms with E-state index in [2.05, 4.69) is 21.0 Å². The van der Waals surface area contributed by atoms with Gasteiger partial charge in [0.15, 0.2) is 29.0 Å². The van der Waals surface area contributed by atoms with Crippen molar-refractivity contribution in [3.8, 4) is 28.5 Å². The molecule has 0 aliphatic heterocycles. The van der Waals surface area contributed by atoms with Crippen LogP contribution in [0, 0.1) is 27.6 Å². The summed E-state index contributed by atoms with van der Waals surface area (Å²) in [5, 5.41) is 15.8. The minimum absolute atomic E-state index is 0.0185. The maximum Gasteiger partial charge on any atom is 0.280 e. The first kappa shape index (κ1) is 27.7. The number of hydrogen-bond acceptors (Lipinski definition) is 6. The van der Waals surface area contributed by atoms with Crippen molar-refractivity contribution in [3.05, 3.63) is 104 Å². The van der Waals surface area contributed by atoms with Crippen molar-refractivity contribution in [2.24, 2.45) is 0 Å². The Bertz CT molecular complexity index is 1560. The maximum atomic E-state index is 14.9. The Morgan fingerprint density at radius 3 is 2.44 bits per heavy atom. The molecule has 0 fully saturated rings. The van der Waals surface area contributed by atoms with E-state index in [1.54, 1.807) is 38.2 Å². The lowest BCUT2D eigenvalue weighted by atomic mass is 10.1. The van der Waals surface area contributed by atoms with Gasteiger partial charge in [-0.2, -0.15) is 5.10 Å². The lowest BCUT2D eigenvalue weighted by Gasteiger charge is -2.13. The molecule has 202 valence electrons. The zero-order valence-electron chi connectivity index (χ0n) is 21.0. The third-order valence-corrected chi connectivity index (χ3v) is 6.35. The molecule has 0 aliphatic rings. The monoisotopic (exact) mass is 602 g/mol. The molecular formula is C27H22BrF3N4O4. The summed E-state index contributed by atoms with van der Waals surface area (Å²) in [6, 6.07) is 11.4. The number of rotatable bonds is 9. The largest absolute Gasteiger partial charge is 0.497 e. The lowest BCUT2D eigenvalue weighted by Crippen LogP contribution is -2.02. The number of benzene rings is 3. The predicted octanol–water partition coefficient (Wildman–Crippen LogP) is 7.02. The van der Waals surface area contributed by atoms with Crippen LogP contribution in [0.1, 0.15) is 11.1 Å². The molecule has 0 saturated carbocycles. The molecule has 0 unspecified atom stereocenters. The summed E-state index contributed by atoms with van der Waals surface area (Å²) in [6.45, 7) is 0.273. The third-order valence-electron chi connectivity index (χ3n) is 5.57. The lowest BCUT2D eigenvalue weighted by molar-refractivity contribution is -0.385. The molecule has 4 rings (SSSR count). The van der Waals surface area contributed by atoms with E-state index in [0.717, 1.165) is 11.6 Å². The van der Waals surface area contributed by atoms with Gasteiger partial charge in [-0.15, -0.1) is 0 Å². The second-order valence-electron chi connectivity index (χ2n) is 8.59. The van der Waals surface area contributed by atoms with Crippen LogP contribution in [0.5, 0.6) is 17.2 Å². The van der Waals surface area contributed by atoms with Gasteiger partial charge in [-0.3, -0.25) is 14.8 Å². The highest BCUT2D eigenvalue weighted by Gasteiger charge is 2.25. The van der Waals surface area contributed by atoms with Crippen LogP contribution >= 0.6 is 15.9 Å². The number of aromatic nitrogens is 2. The summed E-state index contributed by atoms with van der Waals surface area (Å²) in [7, 11) is 4.96. The molecule has 0 N–H and O–H groups in total. The highest BCUT2D eigenvalue weighted by molar-refractivity contribution is 9.10. The molecule has 8 nitrogen and oxygen atoms in total. The molecule has 0 saturated heterocycles.